The van der Waals surface area contributed by atoms with Gasteiger partial charge in [-0.15, -0.1) is 0 Å². The van der Waals surface area contributed by atoms with E-state index in [1.165, 1.54) is 205 Å². The molecule has 0 amide bonds. The molecule has 0 fully saturated rings. The molecule has 0 heterocycles. The van der Waals surface area contributed by atoms with Gasteiger partial charge < -0.3 is 11.5 Å². The van der Waals surface area contributed by atoms with Gasteiger partial charge in [0.2, 0.25) is 0 Å². The Morgan fingerprint density at radius 3 is 0.306 bits per heavy atom. The molecule has 0 aromatic heterocycles. The molecule has 0 aromatic rings. The van der Waals surface area contributed by atoms with E-state index in [2.05, 4.69) is 0 Å². The van der Waals surface area contributed by atoms with Crippen molar-refractivity contribution in [1.29, 1.82) is 0 Å². The zero-order valence-electron chi connectivity index (χ0n) is 25.2. The van der Waals surface area contributed by atoms with Crippen LogP contribution < -0.4 is 11.5 Å². The van der Waals surface area contributed by atoms with Crippen LogP contribution in [0.5, 0.6) is 0 Å². The maximum Gasteiger partial charge on any atom is -0.00773 e. The van der Waals surface area contributed by atoms with Crippen molar-refractivity contribution in [3.05, 3.63) is 0 Å². The Morgan fingerprint density at radius 1 is 0.139 bits per heavy atom. The summed E-state index contributed by atoms with van der Waals surface area (Å²) in [6.07, 6.45) is 46.2. The van der Waals surface area contributed by atoms with Crippen LogP contribution in [0.2, 0.25) is 0 Å². The Kier molecular flexibility index (Phi) is 34.8. The van der Waals surface area contributed by atoms with E-state index in [4.69, 9.17) is 11.5 Å². The minimum atomic E-state index is 0.873. The Bertz CT molecular complexity index is 323. The van der Waals surface area contributed by atoms with E-state index in [0.717, 1.165) is 13.1 Å². The van der Waals surface area contributed by atoms with Crippen LogP contribution in [0.25, 0.3) is 0 Å². The van der Waals surface area contributed by atoms with Crippen molar-refractivity contribution in [2.24, 2.45) is 11.5 Å². The van der Waals surface area contributed by atoms with Gasteiger partial charge in [0.1, 0.15) is 0 Å². The van der Waals surface area contributed by atoms with Gasteiger partial charge >= 0.3 is 0 Å². The van der Waals surface area contributed by atoms with Gasteiger partial charge in [-0.25, -0.2) is 0 Å². The van der Waals surface area contributed by atoms with Crippen molar-refractivity contribution in [2.45, 2.75) is 205 Å². The molecule has 36 heavy (non-hydrogen) atoms. The third kappa shape index (κ3) is 33.9. The van der Waals surface area contributed by atoms with Gasteiger partial charge in [-0.1, -0.05) is 193 Å². The molecule has 0 aromatic carbocycles. The van der Waals surface area contributed by atoms with E-state index >= 15 is 0 Å². The van der Waals surface area contributed by atoms with Crippen molar-refractivity contribution in [1.82, 2.24) is 0 Å². The maximum absolute atomic E-state index is 5.54. The van der Waals surface area contributed by atoms with Crippen LogP contribution in [0, 0.1) is 0 Å². The fraction of sp³-hybridized carbons (Fsp3) is 1.00. The van der Waals surface area contributed by atoms with Crippen LogP contribution in [0.3, 0.4) is 0 Å². The number of unbranched alkanes of at least 4 members (excludes halogenated alkanes) is 31. The van der Waals surface area contributed by atoms with E-state index in [1.54, 1.807) is 0 Å². The normalized spacial score (nSPS) is 11.5. The summed E-state index contributed by atoms with van der Waals surface area (Å²) in [6, 6.07) is 0. The summed E-state index contributed by atoms with van der Waals surface area (Å²) in [5.74, 6) is 0. The number of rotatable bonds is 33. The van der Waals surface area contributed by atoms with Crippen molar-refractivity contribution in [2.75, 3.05) is 13.1 Å². The summed E-state index contributed by atoms with van der Waals surface area (Å²) in [7, 11) is 0. The molecule has 0 saturated heterocycles. The molecule has 0 saturated carbocycles. The fourth-order valence-electron chi connectivity index (χ4n) is 5.59. The van der Waals surface area contributed by atoms with Crippen LogP contribution in [0.4, 0.5) is 0 Å². The average Bonchev–Trinajstić information content (AvgIpc) is 2.89. The molecule has 0 radical (unpaired) electrons. The highest BCUT2D eigenvalue weighted by molar-refractivity contribution is 4.53. The molecule has 0 unspecified atom stereocenters. The molecular formula is C34H72N2. The number of nitrogens with two attached hydrogens (primary N) is 2. The maximum atomic E-state index is 5.54. The number of hydrogen-bond donors (Lipinski definition) is 2. The Balaban J connectivity index is 3.00. The lowest BCUT2D eigenvalue weighted by Crippen LogP contribution is -1.97. The second-order valence-corrected chi connectivity index (χ2v) is 11.9. The van der Waals surface area contributed by atoms with Crippen LogP contribution in [0.15, 0.2) is 0 Å². The highest BCUT2D eigenvalue weighted by Gasteiger charge is 1.97. The van der Waals surface area contributed by atoms with Crippen LogP contribution in [0.1, 0.15) is 205 Å². The SMILES string of the molecule is NCCCCCCCCCCCCCCCCCCCCCCCCCCCCCCCCCCN. The second kappa shape index (κ2) is 34.9. The van der Waals surface area contributed by atoms with Crippen LogP contribution >= 0.6 is 0 Å². The smallest absolute Gasteiger partial charge is 0.00773 e. The highest BCUT2D eigenvalue weighted by Crippen LogP contribution is 2.16. The van der Waals surface area contributed by atoms with Gasteiger partial charge in [-0.05, 0) is 25.9 Å². The number of hydrogen-bond acceptors (Lipinski definition) is 2. The van der Waals surface area contributed by atoms with Crippen molar-refractivity contribution in [3.8, 4) is 0 Å². The molecule has 2 heteroatoms. The summed E-state index contributed by atoms with van der Waals surface area (Å²) in [6.45, 7) is 1.75. The molecule has 0 bridgehead atoms. The first-order valence-corrected chi connectivity index (χ1v) is 17.3. The highest BCUT2D eigenvalue weighted by atomic mass is 14.5. The summed E-state index contributed by atoms with van der Waals surface area (Å²) < 4.78 is 0. The van der Waals surface area contributed by atoms with E-state index in [-0.39, 0.29) is 0 Å². The van der Waals surface area contributed by atoms with Crippen molar-refractivity contribution < 1.29 is 0 Å². The molecule has 0 aliphatic rings. The van der Waals surface area contributed by atoms with Crippen LogP contribution in [-0.2, 0) is 0 Å². The molecule has 4 N–H and O–H groups in total. The minimum absolute atomic E-state index is 0.873. The monoisotopic (exact) mass is 509 g/mol. The topological polar surface area (TPSA) is 52.0 Å². The summed E-state index contributed by atoms with van der Waals surface area (Å²) >= 11 is 0. The van der Waals surface area contributed by atoms with Gasteiger partial charge in [0, 0.05) is 0 Å². The molecule has 0 aliphatic carbocycles. The zero-order valence-corrected chi connectivity index (χ0v) is 25.2. The van der Waals surface area contributed by atoms with E-state index in [1.807, 2.05) is 0 Å². The van der Waals surface area contributed by atoms with Crippen LogP contribution in [-0.4, -0.2) is 13.1 Å². The van der Waals surface area contributed by atoms with E-state index in [9.17, 15) is 0 Å². The largest absolute Gasteiger partial charge is 0.330 e. The third-order valence-electron chi connectivity index (χ3n) is 8.16. The Morgan fingerprint density at radius 2 is 0.222 bits per heavy atom. The van der Waals surface area contributed by atoms with Gasteiger partial charge in [0.05, 0.1) is 0 Å². The lowest BCUT2D eigenvalue weighted by Gasteiger charge is -2.05. The van der Waals surface area contributed by atoms with Gasteiger partial charge in [-0.2, -0.15) is 0 Å². The zero-order chi connectivity index (χ0) is 26.0. The van der Waals surface area contributed by atoms with Gasteiger partial charge in [0.25, 0.3) is 0 Å². The molecular weight excluding hydrogens is 436 g/mol. The first-order chi connectivity index (χ1) is 17.9. The molecule has 218 valence electrons. The molecule has 2 nitrogen and oxygen atoms in total. The lowest BCUT2D eigenvalue weighted by molar-refractivity contribution is 0.512. The summed E-state index contributed by atoms with van der Waals surface area (Å²) in [4.78, 5) is 0. The van der Waals surface area contributed by atoms with E-state index < -0.39 is 0 Å². The first kappa shape index (κ1) is 35.9. The van der Waals surface area contributed by atoms with E-state index in [0.29, 0.717) is 0 Å². The molecule has 0 rings (SSSR count). The standard InChI is InChI=1S/C34H72N2/c35-33-31-29-27-25-23-21-19-17-15-13-11-9-7-5-3-1-2-4-6-8-10-12-14-16-18-20-22-24-26-28-30-32-34-36/h1-36H2. The predicted molar refractivity (Wildman–Crippen MR) is 166 cm³/mol. The molecule has 0 aliphatic heterocycles. The quantitative estimate of drug-likeness (QED) is 0.0866. The van der Waals surface area contributed by atoms with Gasteiger partial charge in [-0.3, -0.25) is 0 Å². The van der Waals surface area contributed by atoms with Crippen molar-refractivity contribution in [3.63, 3.8) is 0 Å². The molecule has 0 atom stereocenters. The first-order valence-electron chi connectivity index (χ1n) is 17.3. The molecule has 0 spiro atoms. The Hall–Kier alpha value is -0.0800. The third-order valence-corrected chi connectivity index (χ3v) is 8.16. The summed E-state index contributed by atoms with van der Waals surface area (Å²) in [5, 5.41) is 0. The fourth-order valence-corrected chi connectivity index (χ4v) is 5.59. The second-order valence-electron chi connectivity index (χ2n) is 11.9. The lowest BCUT2D eigenvalue weighted by atomic mass is 10.0. The summed E-state index contributed by atoms with van der Waals surface area (Å²) in [5.41, 5.74) is 11.1. The predicted octanol–water partition coefficient (Wildman–Crippen LogP) is 11.4. The van der Waals surface area contributed by atoms with Crippen molar-refractivity contribution >= 4 is 0 Å². The minimum Gasteiger partial charge on any atom is -0.330 e. The van der Waals surface area contributed by atoms with Gasteiger partial charge in [0.15, 0.2) is 0 Å². The Labute approximate surface area is 229 Å². The average molecular weight is 509 g/mol.